The normalized spacial score (nSPS) is 20.9. The second kappa shape index (κ2) is 7.22. The van der Waals surface area contributed by atoms with Crippen LogP contribution < -0.4 is 5.56 Å². The maximum Gasteiger partial charge on any atom is 0.250 e. The quantitative estimate of drug-likeness (QED) is 0.453. The van der Waals surface area contributed by atoms with Crippen molar-refractivity contribution in [2.45, 2.75) is 25.4 Å². The van der Waals surface area contributed by atoms with E-state index in [1.54, 1.807) is 6.07 Å². The first-order valence-electron chi connectivity index (χ1n) is 10.7. The van der Waals surface area contributed by atoms with Gasteiger partial charge in [-0.3, -0.25) is 9.69 Å². The summed E-state index contributed by atoms with van der Waals surface area (Å²) in [7, 11) is 0. The third-order valence-electron chi connectivity index (χ3n) is 6.69. The van der Waals surface area contributed by atoms with E-state index in [-0.39, 0.29) is 5.56 Å². The minimum atomic E-state index is 0.149. The maximum atomic E-state index is 12.8. The fraction of sp³-hybridized carbons (Fsp3) is 0.269. The lowest BCUT2D eigenvalue weighted by Crippen LogP contribution is -2.46. The van der Waals surface area contributed by atoms with Crippen LogP contribution >= 0.6 is 11.3 Å². The molecule has 2 bridgehead atoms. The molecule has 6 rings (SSSR count). The third-order valence-corrected chi connectivity index (χ3v) is 7.55. The Labute approximate surface area is 180 Å². The number of hydrogen-bond donors (Lipinski definition) is 0. The van der Waals surface area contributed by atoms with Crippen molar-refractivity contribution in [2.75, 3.05) is 13.1 Å². The molecule has 2 atom stereocenters. The Balaban J connectivity index is 1.42. The molecule has 4 heteroatoms. The van der Waals surface area contributed by atoms with Crippen molar-refractivity contribution in [1.82, 2.24) is 9.47 Å². The maximum absolute atomic E-state index is 12.8. The highest BCUT2D eigenvalue weighted by Gasteiger charge is 2.36. The molecule has 0 radical (unpaired) electrons. The molecule has 0 N–H and O–H groups in total. The predicted molar refractivity (Wildman–Crippen MR) is 124 cm³/mol. The highest BCUT2D eigenvalue weighted by molar-refractivity contribution is 7.09. The highest BCUT2D eigenvalue weighted by atomic mass is 32.1. The fourth-order valence-electron chi connectivity index (χ4n) is 5.47. The van der Waals surface area contributed by atoms with Crippen LogP contribution in [-0.2, 0) is 13.1 Å². The molecule has 0 aliphatic carbocycles. The Morgan fingerprint density at radius 2 is 1.80 bits per heavy atom. The number of rotatable bonds is 3. The van der Waals surface area contributed by atoms with Crippen LogP contribution in [0.2, 0.25) is 0 Å². The zero-order chi connectivity index (χ0) is 20.1. The van der Waals surface area contributed by atoms with Gasteiger partial charge < -0.3 is 4.57 Å². The summed E-state index contributed by atoms with van der Waals surface area (Å²) in [5.41, 5.74) is 3.83. The summed E-state index contributed by atoms with van der Waals surface area (Å²) in [6.45, 7) is 3.97. The van der Waals surface area contributed by atoms with Gasteiger partial charge in [-0.2, -0.15) is 0 Å². The molecule has 2 aromatic heterocycles. The van der Waals surface area contributed by atoms with E-state index in [1.165, 1.54) is 38.9 Å². The number of benzene rings is 2. The number of piperidine rings is 1. The molecule has 1 fully saturated rings. The summed E-state index contributed by atoms with van der Waals surface area (Å²) in [6, 6.07) is 23.3. The molecule has 0 saturated carbocycles. The SMILES string of the molecule is O=c1ccc(-c2ccc3ccccc3c2)c2n1C[C@H]1C[C@H]2CN(Cc2cccs2)C1. The number of hydrogen-bond acceptors (Lipinski definition) is 3. The minimum absolute atomic E-state index is 0.149. The molecule has 2 aromatic carbocycles. The van der Waals surface area contributed by atoms with Crippen molar-refractivity contribution in [3.05, 3.63) is 93.0 Å². The predicted octanol–water partition coefficient (Wildman–Crippen LogP) is 5.35. The van der Waals surface area contributed by atoms with Crippen LogP contribution in [0.25, 0.3) is 21.9 Å². The lowest BCUT2D eigenvalue weighted by molar-refractivity contribution is 0.115. The molecule has 0 spiro atoms. The van der Waals surface area contributed by atoms with E-state index in [0.717, 1.165) is 26.2 Å². The second-order valence-electron chi connectivity index (χ2n) is 8.72. The molecule has 150 valence electrons. The van der Waals surface area contributed by atoms with Gasteiger partial charge in [0.1, 0.15) is 0 Å². The molecular weight excluding hydrogens is 388 g/mol. The average Bonchev–Trinajstić information content (AvgIpc) is 3.27. The molecule has 30 heavy (non-hydrogen) atoms. The molecule has 4 heterocycles. The van der Waals surface area contributed by atoms with Crippen LogP contribution in [0.4, 0.5) is 0 Å². The van der Waals surface area contributed by atoms with E-state index in [4.69, 9.17) is 0 Å². The Bertz CT molecular complexity index is 1270. The zero-order valence-electron chi connectivity index (χ0n) is 16.8. The lowest BCUT2D eigenvalue weighted by atomic mass is 9.80. The van der Waals surface area contributed by atoms with Crippen LogP contribution in [0.15, 0.2) is 76.9 Å². The first kappa shape index (κ1) is 18.1. The Morgan fingerprint density at radius 3 is 2.67 bits per heavy atom. The fourth-order valence-corrected chi connectivity index (χ4v) is 6.21. The van der Waals surface area contributed by atoms with E-state index in [9.17, 15) is 4.79 Å². The minimum Gasteiger partial charge on any atom is -0.311 e. The van der Waals surface area contributed by atoms with Crippen molar-refractivity contribution >= 4 is 22.1 Å². The van der Waals surface area contributed by atoms with E-state index >= 15 is 0 Å². The van der Waals surface area contributed by atoms with Gasteiger partial charge >= 0.3 is 0 Å². The first-order chi connectivity index (χ1) is 14.7. The summed E-state index contributed by atoms with van der Waals surface area (Å²) < 4.78 is 2.08. The topological polar surface area (TPSA) is 25.2 Å². The van der Waals surface area contributed by atoms with Gasteiger partial charge in [-0.1, -0.05) is 42.5 Å². The molecule has 0 amide bonds. The van der Waals surface area contributed by atoms with Crippen LogP contribution in [0.1, 0.15) is 22.9 Å². The van der Waals surface area contributed by atoms with Gasteiger partial charge in [0, 0.05) is 54.3 Å². The number of thiophene rings is 1. The molecule has 1 saturated heterocycles. The summed E-state index contributed by atoms with van der Waals surface area (Å²) in [5.74, 6) is 0.966. The van der Waals surface area contributed by atoms with Crippen molar-refractivity contribution in [3.63, 3.8) is 0 Å². The van der Waals surface area contributed by atoms with Gasteiger partial charge in [0.15, 0.2) is 0 Å². The van der Waals surface area contributed by atoms with Crippen LogP contribution in [-0.4, -0.2) is 22.6 Å². The summed E-state index contributed by atoms with van der Waals surface area (Å²) in [4.78, 5) is 16.8. The van der Waals surface area contributed by atoms with Crippen molar-refractivity contribution in [3.8, 4) is 11.1 Å². The van der Waals surface area contributed by atoms with E-state index in [1.807, 2.05) is 11.3 Å². The summed E-state index contributed by atoms with van der Waals surface area (Å²) in [5, 5.41) is 4.66. The molecule has 4 aromatic rings. The lowest BCUT2D eigenvalue weighted by Gasteiger charge is -2.43. The molecule has 0 unspecified atom stereocenters. The van der Waals surface area contributed by atoms with Gasteiger partial charge in [-0.25, -0.2) is 0 Å². The summed E-state index contributed by atoms with van der Waals surface area (Å²) >= 11 is 1.84. The number of aromatic nitrogens is 1. The number of nitrogens with zero attached hydrogens (tertiary/aromatic N) is 2. The van der Waals surface area contributed by atoms with Gasteiger partial charge in [0.2, 0.25) is 0 Å². The first-order valence-corrected chi connectivity index (χ1v) is 11.6. The third kappa shape index (κ3) is 3.11. The van der Waals surface area contributed by atoms with Gasteiger partial charge in [0.25, 0.3) is 5.56 Å². The van der Waals surface area contributed by atoms with Gasteiger partial charge in [0.05, 0.1) is 0 Å². The monoisotopic (exact) mass is 412 g/mol. The van der Waals surface area contributed by atoms with Crippen molar-refractivity contribution in [1.29, 1.82) is 0 Å². The molecule has 2 aliphatic rings. The van der Waals surface area contributed by atoms with Crippen LogP contribution in [0.5, 0.6) is 0 Å². The Kier molecular flexibility index (Phi) is 4.36. The Hall–Kier alpha value is -2.69. The highest BCUT2D eigenvalue weighted by Crippen LogP contribution is 2.40. The molecule has 3 nitrogen and oxygen atoms in total. The molecule has 2 aliphatic heterocycles. The zero-order valence-corrected chi connectivity index (χ0v) is 17.6. The second-order valence-corrected chi connectivity index (χ2v) is 9.75. The largest absolute Gasteiger partial charge is 0.311 e. The van der Waals surface area contributed by atoms with Crippen LogP contribution in [0.3, 0.4) is 0 Å². The molecular formula is C26H24N2OS. The van der Waals surface area contributed by atoms with E-state index < -0.39 is 0 Å². The smallest absolute Gasteiger partial charge is 0.250 e. The average molecular weight is 413 g/mol. The van der Waals surface area contributed by atoms with Gasteiger partial charge in [-0.15, -0.1) is 11.3 Å². The van der Waals surface area contributed by atoms with E-state index in [0.29, 0.717) is 11.8 Å². The number of likely N-dealkylation sites (tertiary alicyclic amines) is 1. The Morgan fingerprint density at radius 1 is 0.900 bits per heavy atom. The standard InChI is InChI=1S/C26H24N2OS/c29-25-10-9-24(21-8-7-19-4-1-2-5-20(19)13-21)26-22-12-18(15-28(25)26)14-27(16-22)17-23-6-3-11-30-23/h1-11,13,18,22H,12,14-17H2/t18-,22-/m0/s1. The van der Waals surface area contributed by atoms with Crippen molar-refractivity contribution < 1.29 is 0 Å². The number of fused-ring (bicyclic) bond motifs is 5. The van der Waals surface area contributed by atoms with Crippen molar-refractivity contribution in [2.24, 2.45) is 5.92 Å². The van der Waals surface area contributed by atoms with Gasteiger partial charge in [-0.05, 0) is 52.3 Å². The van der Waals surface area contributed by atoms with E-state index in [2.05, 4.69) is 75.5 Å². The number of pyridine rings is 1. The summed E-state index contributed by atoms with van der Waals surface area (Å²) in [6.07, 6.45) is 1.19. The van der Waals surface area contributed by atoms with Crippen LogP contribution in [0, 0.1) is 5.92 Å².